The van der Waals surface area contributed by atoms with E-state index in [9.17, 15) is 38.7 Å². The molecule has 0 aliphatic heterocycles. The molecule has 2 atom stereocenters. The van der Waals surface area contributed by atoms with Crippen LogP contribution >= 0.6 is 0 Å². The van der Waals surface area contributed by atoms with Gasteiger partial charge in [-0.1, -0.05) is 102 Å². The van der Waals surface area contributed by atoms with Gasteiger partial charge in [-0.15, -0.1) is 0 Å². The van der Waals surface area contributed by atoms with Crippen LogP contribution in [-0.2, 0) is 38.4 Å². The summed E-state index contributed by atoms with van der Waals surface area (Å²) in [6.45, 7) is 11.0. The summed E-state index contributed by atoms with van der Waals surface area (Å²) in [5, 5.41) is 17.9. The summed E-state index contributed by atoms with van der Waals surface area (Å²) in [5.74, 6) is -1.22. The maximum atomic E-state index is 13.0. The average Bonchev–Trinajstić information content (AvgIpc) is 3.21. The summed E-state index contributed by atoms with van der Waals surface area (Å²) in [5.41, 5.74) is 9.62. The van der Waals surface area contributed by atoms with Crippen LogP contribution in [0.4, 0.5) is 11.4 Å². The number of benzene rings is 7. The third-order valence-electron chi connectivity index (χ3n) is 14.1. The van der Waals surface area contributed by atoms with E-state index in [4.69, 9.17) is 34.2 Å². The molecule has 0 unspecified atom stereocenters. The highest BCUT2D eigenvalue weighted by molar-refractivity contribution is 5.99. The fourth-order valence-electron chi connectivity index (χ4n) is 9.08. The Kier molecular flexibility index (Phi) is 28.1. The zero-order valence-electron chi connectivity index (χ0n) is 52.8. The third kappa shape index (κ3) is 25.2. The second-order valence-corrected chi connectivity index (χ2v) is 22.7. The van der Waals surface area contributed by atoms with Crippen molar-refractivity contribution in [3.8, 4) is 28.7 Å². The lowest BCUT2D eigenvalue weighted by Crippen LogP contribution is -2.45. The van der Waals surface area contributed by atoms with Crippen molar-refractivity contribution in [3.63, 3.8) is 0 Å². The van der Waals surface area contributed by atoms with E-state index in [0.717, 1.165) is 42.6 Å². The van der Waals surface area contributed by atoms with Gasteiger partial charge < -0.3 is 55.2 Å². The first kappa shape index (κ1) is 70.1. The summed E-state index contributed by atoms with van der Waals surface area (Å²) in [7, 11) is 1.57. The number of hydrogen-bond acceptors (Lipinski definition) is 14. The molecule has 91 heavy (non-hydrogen) atoms. The zero-order valence-corrected chi connectivity index (χ0v) is 52.8. The lowest BCUT2D eigenvalue weighted by Gasteiger charge is -2.25. The predicted molar refractivity (Wildman–Crippen MR) is 350 cm³/mol. The van der Waals surface area contributed by atoms with Crippen LogP contribution in [0.1, 0.15) is 157 Å². The molecule has 0 aromatic heterocycles. The Morgan fingerprint density at radius 3 is 1.27 bits per heavy atom. The molecule has 0 saturated heterocycles. The highest BCUT2D eigenvalue weighted by Gasteiger charge is 2.28. The average molecular weight is 1240 g/mol. The Hall–Kier alpha value is -9.97. The maximum absolute atomic E-state index is 13.0. The fourth-order valence-corrected chi connectivity index (χ4v) is 9.08. The first-order valence-electron chi connectivity index (χ1n) is 30.8. The molecule has 0 bridgehead atoms. The zero-order chi connectivity index (χ0) is 65.5. The number of hydrogen-bond donors (Lipinski definition) is 5. The van der Waals surface area contributed by atoms with Gasteiger partial charge in [0.1, 0.15) is 46.4 Å². The van der Waals surface area contributed by atoms with Gasteiger partial charge in [0.2, 0.25) is 5.91 Å². The van der Waals surface area contributed by atoms with E-state index in [2.05, 4.69) is 29.8 Å². The molecule has 0 heterocycles. The molecule has 0 saturated carbocycles. The van der Waals surface area contributed by atoms with Gasteiger partial charge in [-0.2, -0.15) is 0 Å². The summed E-state index contributed by atoms with van der Waals surface area (Å²) in [4.78, 5) is 88.4. The highest BCUT2D eigenvalue weighted by Crippen LogP contribution is 2.23. The first-order chi connectivity index (χ1) is 43.8. The normalized spacial score (nSPS) is 11.5. The highest BCUT2D eigenvalue weighted by atomic mass is 16.6. The van der Waals surface area contributed by atoms with Crippen LogP contribution in [0.2, 0.25) is 0 Å². The van der Waals surface area contributed by atoms with E-state index in [-0.39, 0.29) is 30.7 Å². The minimum atomic E-state index is -1.21. The quantitative estimate of drug-likeness (QED) is 0.0114. The number of aliphatic carboxylic acids is 1. The fraction of sp³-hybridized carbons (Fsp3) is 0.329. The van der Waals surface area contributed by atoms with E-state index >= 15 is 0 Å². The minimum absolute atomic E-state index is 0.00880. The number of carboxylic acids is 1. The number of amides is 3. The van der Waals surface area contributed by atoms with Crippen LogP contribution in [0, 0.1) is 0 Å². The van der Waals surface area contributed by atoms with E-state index in [0.29, 0.717) is 69.8 Å². The summed E-state index contributed by atoms with van der Waals surface area (Å²) >= 11 is 0. The number of ether oxygens (including phenoxy) is 6. The topological polar surface area (TPSA) is 257 Å². The van der Waals surface area contributed by atoms with E-state index < -0.39 is 53.4 Å². The van der Waals surface area contributed by atoms with Crippen molar-refractivity contribution in [1.29, 1.82) is 0 Å². The van der Waals surface area contributed by atoms with Crippen molar-refractivity contribution in [1.82, 2.24) is 10.6 Å². The van der Waals surface area contributed by atoms with Gasteiger partial charge in [0.05, 0.1) is 37.9 Å². The maximum Gasteiger partial charge on any atom is 0.343 e. The number of unbranched alkanes of at least 4 members (excludes halogenated alkanes) is 8. The molecular formula is C73H84N4O14. The molecule has 0 radical (unpaired) electrons. The van der Waals surface area contributed by atoms with Crippen molar-refractivity contribution >= 4 is 53.0 Å². The second kappa shape index (κ2) is 36.5. The molecule has 3 amide bonds. The van der Waals surface area contributed by atoms with Crippen LogP contribution in [0.25, 0.3) is 0 Å². The Balaban J connectivity index is 0.000000293. The summed E-state index contributed by atoms with van der Waals surface area (Å²) in [6, 6.07) is 44.5. The Morgan fingerprint density at radius 2 is 0.846 bits per heavy atom. The van der Waals surface area contributed by atoms with Gasteiger partial charge in [-0.25, -0.2) is 19.2 Å². The van der Waals surface area contributed by atoms with Crippen molar-refractivity contribution in [2.75, 3.05) is 31.4 Å². The van der Waals surface area contributed by atoms with Gasteiger partial charge in [-0.05, 0) is 184 Å². The number of nitrogen functional groups attached to an aromatic ring is 1. The number of nitrogens with two attached hydrogens (primary N) is 1. The monoisotopic (exact) mass is 1240 g/mol. The number of esters is 3. The van der Waals surface area contributed by atoms with E-state index in [1.807, 2.05) is 12.1 Å². The number of carbonyl (C=O) groups is 7. The number of carboxylic acid groups (broad SMARTS) is 1. The summed E-state index contributed by atoms with van der Waals surface area (Å²) in [6.07, 6.45) is 11.9. The number of anilines is 2. The first-order valence-corrected chi connectivity index (χ1v) is 30.8. The number of rotatable bonds is 32. The van der Waals surface area contributed by atoms with Crippen LogP contribution in [0.3, 0.4) is 0 Å². The molecule has 7 aromatic rings. The van der Waals surface area contributed by atoms with Crippen molar-refractivity contribution in [2.24, 2.45) is 0 Å². The summed E-state index contributed by atoms with van der Waals surface area (Å²) < 4.78 is 33.2. The van der Waals surface area contributed by atoms with Gasteiger partial charge in [0.15, 0.2) is 0 Å². The van der Waals surface area contributed by atoms with Crippen LogP contribution in [0.15, 0.2) is 170 Å². The van der Waals surface area contributed by atoms with E-state index in [1.165, 1.54) is 50.7 Å². The molecule has 0 aliphatic carbocycles. The predicted octanol–water partition coefficient (Wildman–Crippen LogP) is 13.4. The second-order valence-electron chi connectivity index (χ2n) is 22.7. The standard InChI is InChI=1S/C39H42N2O8.C34H42N2O6/c1-3-4-5-6-7-24-48-33-22-14-30(15-23-33)39(46)49-34-20-10-27(11-21-34)25-35(38(44)45)41-37(43)29-12-16-31(17-13-29)40-36(42)26-28-8-18-32(47-2)19-9-28;1-5-6-7-8-9-22-40-28-20-14-26(15-21-28)32(38)41-29-18-10-24(11-19-29)23-30(33(39)42-34(2,3)4)36-31(37)25-12-16-27(35)17-13-25/h8-23,35H,3-7,24-26H2,1-2H3,(H,40,42)(H,41,43)(H,44,45);10-21,30H,5-9,22-23,35H2,1-4H3,(H,36,37)/t35-;30-/m00/s1. The molecule has 7 rings (SSSR count). The number of carbonyl (C=O) groups excluding carboxylic acids is 6. The number of nitrogens with one attached hydrogen (secondary N) is 3. The van der Waals surface area contributed by atoms with Gasteiger partial charge >= 0.3 is 23.9 Å². The molecule has 7 aromatic carbocycles. The molecule has 480 valence electrons. The van der Waals surface area contributed by atoms with Crippen LogP contribution in [-0.4, -0.2) is 84.7 Å². The van der Waals surface area contributed by atoms with Crippen molar-refractivity contribution < 1.29 is 67.1 Å². The molecule has 0 spiro atoms. The third-order valence-corrected chi connectivity index (χ3v) is 14.1. The molecular weight excluding hydrogens is 1160 g/mol. The van der Waals surface area contributed by atoms with Gasteiger partial charge in [-0.3, -0.25) is 14.4 Å². The number of methoxy groups -OCH3 is 1. The van der Waals surface area contributed by atoms with E-state index in [1.54, 1.807) is 173 Å². The molecule has 18 heteroatoms. The smallest absolute Gasteiger partial charge is 0.343 e. The Labute approximate surface area is 533 Å². The molecule has 18 nitrogen and oxygen atoms in total. The van der Waals surface area contributed by atoms with Crippen LogP contribution < -0.4 is 45.4 Å². The molecule has 0 fully saturated rings. The van der Waals surface area contributed by atoms with Gasteiger partial charge in [0.25, 0.3) is 11.8 Å². The van der Waals surface area contributed by atoms with Gasteiger partial charge in [0, 0.05) is 35.3 Å². The minimum Gasteiger partial charge on any atom is -0.497 e. The lowest BCUT2D eigenvalue weighted by atomic mass is 10.0. The largest absolute Gasteiger partial charge is 0.497 e. The van der Waals surface area contributed by atoms with Crippen molar-refractivity contribution in [3.05, 3.63) is 209 Å². The molecule has 0 aliphatic rings. The molecule has 6 N–H and O–H groups in total. The van der Waals surface area contributed by atoms with Crippen LogP contribution in [0.5, 0.6) is 28.7 Å². The Bertz CT molecular complexity index is 3420. The Morgan fingerprint density at radius 1 is 0.462 bits per heavy atom. The lowest BCUT2D eigenvalue weighted by molar-refractivity contribution is -0.157. The SMILES string of the molecule is CCCCCCCOc1ccc(C(=O)Oc2ccc(C[C@H](NC(=O)c3ccc(N)cc3)C(=O)OC(C)(C)C)cc2)cc1.CCCCCCCOc1ccc(C(=O)Oc2ccc(C[C@H](NC(=O)c3ccc(NC(=O)Cc4ccc(OC)cc4)cc3)C(=O)O)cc2)cc1. The van der Waals surface area contributed by atoms with Crippen molar-refractivity contribution in [2.45, 2.75) is 136 Å².